The van der Waals surface area contributed by atoms with E-state index >= 15 is 0 Å². The summed E-state index contributed by atoms with van der Waals surface area (Å²) in [7, 11) is 0. The van der Waals surface area contributed by atoms with Crippen LogP contribution in [-0.4, -0.2) is 34.5 Å². The standard InChI is InChI=1S/C12H21N3O4/c13-9(16)4-3-8(11(18)19)15-10(17)7-12(14)5-1-2-6-12/h8H,1-7,14H2,(H2,13,16)(H,15,17)(H,18,19)/t8-/m1/s1. The number of carbonyl (C=O) groups excluding carboxylic acids is 2. The molecule has 1 aliphatic rings. The van der Waals surface area contributed by atoms with Crippen LogP contribution in [0.3, 0.4) is 0 Å². The monoisotopic (exact) mass is 271 g/mol. The van der Waals surface area contributed by atoms with E-state index in [0.717, 1.165) is 25.7 Å². The first kappa shape index (κ1) is 15.4. The summed E-state index contributed by atoms with van der Waals surface area (Å²) in [4.78, 5) is 33.4. The summed E-state index contributed by atoms with van der Waals surface area (Å²) in [6.45, 7) is 0. The molecule has 108 valence electrons. The van der Waals surface area contributed by atoms with Crippen LogP contribution in [0.2, 0.25) is 0 Å². The van der Waals surface area contributed by atoms with Crippen LogP contribution in [0, 0.1) is 0 Å². The molecule has 0 unspecified atom stereocenters. The minimum absolute atomic E-state index is 0.00597. The van der Waals surface area contributed by atoms with E-state index in [9.17, 15) is 14.4 Å². The van der Waals surface area contributed by atoms with Crippen LogP contribution in [-0.2, 0) is 14.4 Å². The van der Waals surface area contributed by atoms with E-state index < -0.39 is 23.5 Å². The number of primary amides is 1. The average Bonchev–Trinajstić information content (AvgIpc) is 2.70. The van der Waals surface area contributed by atoms with Crippen molar-refractivity contribution in [1.29, 1.82) is 0 Å². The smallest absolute Gasteiger partial charge is 0.326 e. The normalized spacial score (nSPS) is 18.8. The summed E-state index contributed by atoms with van der Waals surface area (Å²) in [6, 6.07) is -1.09. The molecule has 7 nitrogen and oxygen atoms in total. The molecule has 0 aromatic carbocycles. The number of aliphatic carboxylic acids is 1. The average molecular weight is 271 g/mol. The van der Waals surface area contributed by atoms with Gasteiger partial charge < -0.3 is 21.9 Å². The molecule has 2 amide bonds. The predicted molar refractivity (Wildman–Crippen MR) is 68.0 cm³/mol. The molecular weight excluding hydrogens is 250 g/mol. The number of nitrogens with two attached hydrogens (primary N) is 2. The fraction of sp³-hybridized carbons (Fsp3) is 0.750. The molecule has 1 atom stereocenters. The predicted octanol–water partition coefficient (Wildman–Crippen LogP) is -0.517. The van der Waals surface area contributed by atoms with Crippen molar-refractivity contribution in [1.82, 2.24) is 5.32 Å². The van der Waals surface area contributed by atoms with Crippen LogP contribution in [0.1, 0.15) is 44.9 Å². The number of hydrogen-bond acceptors (Lipinski definition) is 4. The van der Waals surface area contributed by atoms with Gasteiger partial charge in [-0.3, -0.25) is 9.59 Å². The maximum absolute atomic E-state index is 11.8. The van der Waals surface area contributed by atoms with Crippen molar-refractivity contribution in [3.63, 3.8) is 0 Å². The number of carboxylic acids is 1. The van der Waals surface area contributed by atoms with Gasteiger partial charge in [-0.25, -0.2) is 4.79 Å². The van der Waals surface area contributed by atoms with Gasteiger partial charge in [0.05, 0.1) is 0 Å². The molecule has 1 fully saturated rings. The van der Waals surface area contributed by atoms with Crippen molar-refractivity contribution in [2.24, 2.45) is 11.5 Å². The van der Waals surface area contributed by atoms with Gasteiger partial charge in [-0.1, -0.05) is 12.8 Å². The number of hydrogen-bond donors (Lipinski definition) is 4. The Morgan fingerprint density at radius 3 is 2.32 bits per heavy atom. The lowest BCUT2D eigenvalue weighted by atomic mass is 9.94. The van der Waals surface area contributed by atoms with E-state index in [0.29, 0.717) is 0 Å². The fourth-order valence-electron chi connectivity index (χ4n) is 2.36. The van der Waals surface area contributed by atoms with Crippen molar-refractivity contribution in [3.8, 4) is 0 Å². The second kappa shape index (κ2) is 6.51. The minimum Gasteiger partial charge on any atom is -0.480 e. The Morgan fingerprint density at radius 2 is 1.84 bits per heavy atom. The molecule has 6 N–H and O–H groups in total. The largest absolute Gasteiger partial charge is 0.480 e. The van der Waals surface area contributed by atoms with Crippen LogP contribution in [0.4, 0.5) is 0 Å². The highest BCUT2D eigenvalue weighted by molar-refractivity contribution is 5.84. The number of amides is 2. The summed E-state index contributed by atoms with van der Waals surface area (Å²) in [6.07, 6.45) is 3.58. The van der Waals surface area contributed by atoms with Crippen molar-refractivity contribution in [2.75, 3.05) is 0 Å². The van der Waals surface area contributed by atoms with Crippen molar-refractivity contribution in [2.45, 2.75) is 56.5 Å². The van der Waals surface area contributed by atoms with Gasteiger partial charge in [-0.05, 0) is 19.3 Å². The van der Waals surface area contributed by atoms with Crippen LogP contribution < -0.4 is 16.8 Å². The van der Waals surface area contributed by atoms with Crippen LogP contribution in [0.25, 0.3) is 0 Å². The molecule has 7 heteroatoms. The first-order chi connectivity index (χ1) is 8.82. The van der Waals surface area contributed by atoms with Gasteiger partial charge in [0.1, 0.15) is 6.04 Å². The zero-order valence-corrected chi connectivity index (χ0v) is 10.9. The summed E-state index contributed by atoms with van der Waals surface area (Å²) in [5.74, 6) is -2.15. The highest BCUT2D eigenvalue weighted by Gasteiger charge is 2.32. The molecule has 0 saturated heterocycles. The third-order valence-electron chi connectivity index (χ3n) is 3.42. The topological polar surface area (TPSA) is 136 Å². The van der Waals surface area contributed by atoms with Crippen LogP contribution in [0.15, 0.2) is 0 Å². The van der Waals surface area contributed by atoms with Gasteiger partial charge >= 0.3 is 5.97 Å². The molecular formula is C12H21N3O4. The Hall–Kier alpha value is -1.63. The van der Waals surface area contributed by atoms with E-state index in [-0.39, 0.29) is 25.2 Å². The Kier molecular flexibility index (Phi) is 5.29. The van der Waals surface area contributed by atoms with Gasteiger partial charge in [0.2, 0.25) is 11.8 Å². The first-order valence-corrected chi connectivity index (χ1v) is 6.42. The molecule has 0 heterocycles. The second-order valence-corrected chi connectivity index (χ2v) is 5.21. The van der Waals surface area contributed by atoms with Gasteiger partial charge in [0.15, 0.2) is 0 Å². The number of carbonyl (C=O) groups is 3. The quantitative estimate of drug-likeness (QED) is 0.494. The van der Waals surface area contributed by atoms with E-state index in [1.807, 2.05) is 0 Å². The third kappa shape index (κ3) is 5.25. The highest BCUT2D eigenvalue weighted by atomic mass is 16.4. The van der Waals surface area contributed by atoms with Gasteiger partial charge in [0, 0.05) is 18.4 Å². The SMILES string of the molecule is NC(=O)CC[C@@H](NC(=O)CC1(N)CCCC1)C(=O)O. The maximum Gasteiger partial charge on any atom is 0.326 e. The van der Waals surface area contributed by atoms with E-state index in [2.05, 4.69) is 5.32 Å². The van der Waals surface area contributed by atoms with Crippen molar-refractivity contribution in [3.05, 3.63) is 0 Å². The van der Waals surface area contributed by atoms with Crippen molar-refractivity contribution < 1.29 is 19.5 Å². The molecule has 0 aromatic rings. The second-order valence-electron chi connectivity index (χ2n) is 5.21. The highest BCUT2D eigenvalue weighted by Crippen LogP contribution is 2.29. The molecule has 0 radical (unpaired) electrons. The van der Waals surface area contributed by atoms with Gasteiger partial charge in [0.25, 0.3) is 0 Å². The summed E-state index contributed by atoms with van der Waals surface area (Å²) < 4.78 is 0. The molecule has 0 spiro atoms. The zero-order valence-electron chi connectivity index (χ0n) is 10.9. The van der Waals surface area contributed by atoms with Crippen LogP contribution >= 0.6 is 0 Å². The lowest BCUT2D eigenvalue weighted by Gasteiger charge is -2.23. The van der Waals surface area contributed by atoms with E-state index in [1.54, 1.807) is 0 Å². The molecule has 0 aliphatic heterocycles. The molecule has 19 heavy (non-hydrogen) atoms. The van der Waals surface area contributed by atoms with E-state index in [4.69, 9.17) is 16.6 Å². The number of rotatable bonds is 7. The van der Waals surface area contributed by atoms with Crippen molar-refractivity contribution >= 4 is 17.8 Å². The third-order valence-corrected chi connectivity index (χ3v) is 3.42. The summed E-state index contributed by atoms with van der Waals surface area (Å²) in [5, 5.41) is 11.4. The summed E-state index contributed by atoms with van der Waals surface area (Å²) in [5.41, 5.74) is 10.5. The Labute approximate surface area is 111 Å². The fourth-order valence-corrected chi connectivity index (χ4v) is 2.36. The first-order valence-electron chi connectivity index (χ1n) is 6.42. The van der Waals surface area contributed by atoms with Gasteiger partial charge in [-0.2, -0.15) is 0 Å². The van der Waals surface area contributed by atoms with Gasteiger partial charge in [-0.15, -0.1) is 0 Å². The Bertz CT molecular complexity index is 364. The number of nitrogens with one attached hydrogen (secondary N) is 1. The zero-order chi connectivity index (χ0) is 14.5. The summed E-state index contributed by atoms with van der Waals surface area (Å²) >= 11 is 0. The lowest BCUT2D eigenvalue weighted by molar-refractivity contribution is -0.142. The Balaban J connectivity index is 2.46. The van der Waals surface area contributed by atoms with E-state index in [1.165, 1.54) is 0 Å². The Morgan fingerprint density at radius 1 is 1.26 bits per heavy atom. The minimum atomic E-state index is -1.17. The number of carboxylic acid groups (broad SMARTS) is 1. The molecule has 1 aliphatic carbocycles. The van der Waals surface area contributed by atoms with Crippen LogP contribution in [0.5, 0.6) is 0 Å². The maximum atomic E-state index is 11.8. The lowest BCUT2D eigenvalue weighted by Crippen LogP contribution is -2.47. The molecule has 1 saturated carbocycles. The molecule has 1 rings (SSSR count). The molecule has 0 aromatic heterocycles. The molecule has 0 bridgehead atoms.